The molecular weight excluding hydrogens is 136 g/mol. The van der Waals surface area contributed by atoms with Gasteiger partial charge in [0.25, 0.3) is 0 Å². The van der Waals surface area contributed by atoms with Gasteiger partial charge < -0.3 is 4.98 Å². The maximum Gasteiger partial charge on any atom is 0.103 e. The predicted molar refractivity (Wildman–Crippen MR) is 47.3 cm³/mol. The lowest BCUT2D eigenvalue weighted by Gasteiger charge is -1.88. The number of H-pyrrole nitrogens is 1. The fourth-order valence-electron chi connectivity index (χ4n) is 1.26. The van der Waals surface area contributed by atoms with Gasteiger partial charge in [0, 0.05) is 13.5 Å². The van der Waals surface area contributed by atoms with Crippen molar-refractivity contribution in [1.29, 1.82) is 0 Å². The zero-order valence-electron chi connectivity index (χ0n) is 6.46. The van der Waals surface area contributed by atoms with Crippen molar-refractivity contribution in [2.24, 2.45) is 0 Å². The van der Waals surface area contributed by atoms with Crippen LogP contribution in [0.2, 0.25) is 0 Å². The minimum absolute atomic E-state index is 0. The highest BCUT2D eigenvalue weighted by Gasteiger charge is 2.03. The maximum absolute atomic E-state index is 4.33. The lowest BCUT2D eigenvalue weighted by Crippen LogP contribution is -1.82. The number of aryl methyl sites for hydroxylation is 1. The lowest BCUT2D eigenvalue weighted by atomic mass is 10.2. The molecule has 0 spiro atoms. The Morgan fingerprint density at radius 1 is 1.55 bits per heavy atom. The van der Waals surface area contributed by atoms with E-state index in [0.717, 1.165) is 17.9 Å². The van der Waals surface area contributed by atoms with Crippen molar-refractivity contribution in [1.82, 2.24) is 9.97 Å². The lowest BCUT2D eigenvalue weighted by molar-refractivity contribution is 1.09. The zero-order valence-corrected chi connectivity index (χ0v) is 6.46. The molecule has 11 heavy (non-hydrogen) atoms. The molecule has 2 rings (SSSR count). The molecule has 0 amide bonds. The Bertz CT molecular complexity index is 323. The SMILES string of the molecule is Cc1nc2c([nH]1)CC=CC=C2.[HH]. The Kier molecular flexibility index (Phi) is 1.39. The van der Waals surface area contributed by atoms with E-state index in [9.17, 15) is 0 Å². The minimum Gasteiger partial charge on any atom is -0.345 e. The Morgan fingerprint density at radius 3 is 3.36 bits per heavy atom. The molecule has 0 atom stereocenters. The predicted octanol–water partition coefficient (Wildman–Crippen LogP) is 2.09. The first-order chi connectivity index (χ1) is 5.36. The van der Waals surface area contributed by atoms with Gasteiger partial charge in [-0.3, -0.25) is 0 Å². The fraction of sp³-hybridized carbons (Fsp3) is 0.222. The molecule has 0 saturated carbocycles. The monoisotopic (exact) mass is 148 g/mol. The molecular formula is C9H12N2. The summed E-state index contributed by atoms with van der Waals surface area (Å²) in [5, 5.41) is 0. The van der Waals surface area contributed by atoms with E-state index in [1.54, 1.807) is 0 Å². The first-order valence-corrected chi connectivity index (χ1v) is 3.75. The summed E-state index contributed by atoms with van der Waals surface area (Å²) in [6.45, 7) is 1.98. The van der Waals surface area contributed by atoms with E-state index in [1.807, 2.05) is 25.2 Å². The number of fused-ring (bicyclic) bond motifs is 1. The van der Waals surface area contributed by atoms with Crippen LogP contribution < -0.4 is 0 Å². The summed E-state index contributed by atoms with van der Waals surface area (Å²) in [5.74, 6) is 0.995. The largest absolute Gasteiger partial charge is 0.345 e. The molecule has 0 aliphatic heterocycles. The second-order valence-corrected chi connectivity index (χ2v) is 2.68. The van der Waals surface area contributed by atoms with Gasteiger partial charge in [0.2, 0.25) is 0 Å². The first-order valence-electron chi connectivity index (χ1n) is 3.75. The van der Waals surface area contributed by atoms with Crippen LogP contribution in [-0.2, 0) is 6.42 Å². The van der Waals surface area contributed by atoms with Crippen LogP contribution in [0.4, 0.5) is 0 Å². The Morgan fingerprint density at radius 2 is 2.45 bits per heavy atom. The number of nitrogens with one attached hydrogen (secondary N) is 1. The van der Waals surface area contributed by atoms with Gasteiger partial charge in [-0.1, -0.05) is 18.2 Å². The summed E-state index contributed by atoms with van der Waals surface area (Å²) in [6.07, 6.45) is 9.18. The average Bonchev–Trinajstić information content (AvgIpc) is 2.17. The third-order valence-corrected chi connectivity index (χ3v) is 1.75. The number of rotatable bonds is 0. The van der Waals surface area contributed by atoms with Crippen molar-refractivity contribution < 1.29 is 1.43 Å². The highest BCUT2D eigenvalue weighted by molar-refractivity contribution is 5.52. The maximum atomic E-state index is 4.33. The van der Waals surface area contributed by atoms with Gasteiger partial charge in [-0.25, -0.2) is 4.98 Å². The van der Waals surface area contributed by atoms with Gasteiger partial charge in [0.15, 0.2) is 0 Å². The van der Waals surface area contributed by atoms with Crippen LogP contribution in [0.15, 0.2) is 18.2 Å². The highest BCUT2D eigenvalue weighted by Crippen LogP contribution is 2.11. The number of allylic oxidation sites excluding steroid dienone is 3. The van der Waals surface area contributed by atoms with Crippen molar-refractivity contribution in [3.63, 3.8) is 0 Å². The normalized spacial score (nSPS) is 14.6. The molecule has 0 unspecified atom stereocenters. The van der Waals surface area contributed by atoms with E-state index in [0.29, 0.717) is 0 Å². The van der Waals surface area contributed by atoms with Crippen LogP contribution in [0, 0.1) is 6.92 Å². The van der Waals surface area contributed by atoms with Crippen molar-refractivity contribution in [2.75, 3.05) is 0 Å². The van der Waals surface area contributed by atoms with Crippen LogP contribution >= 0.6 is 0 Å². The number of aromatic nitrogens is 2. The standard InChI is InChI=1S/C9H10N2.H2/c1-7-10-8-5-3-2-4-6-9(8)11-7;/h2-5H,6H2,1H3,(H,10,11);1H. The van der Waals surface area contributed by atoms with E-state index in [2.05, 4.69) is 16.0 Å². The van der Waals surface area contributed by atoms with Crippen molar-refractivity contribution in [2.45, 2.75) is 13.3 Å². The quantitative estimate of drug-likeness (QED) is 0.599. The van der Waals surface area contributed by atoms with Crippen LogP contribution in [0.1, 0.15) is 18.6 Å². The molecule has 1 aliphatic carbocycles. The minimum atomic E-state index is 0. The summed E-state index contributed by atoms with van der Waals surface area (Å²) in [6, 6.07) is 0. The summed E-state index contributed by atoms with van der Waals surface area (Å²) >= 11 is 0. The van der Waals surface area contributed by atoms with Crippen molar-refractivity contribution in [3.8, 4) is 0 Å². The molecule has 0 aromatic carbocycles. The Labute approximate surface area is 67.1 Å². The molecule has 2 heteroatoms. The molecule has 1 aliphatic rings. The third kappa shape index (κ3) is 1.11. The van der Waals surface area contributed by atoms with Gasteiger partial charge >= 0.3 is 0 Å². The van der Waals surface area contributed by atoms with E-state index in [4.69, 9.17) is 0 Å². The van der Waals surface area contributed by atoms with Crippen LogP contribution in [-0.4, -0.2) is 9.97 Å². The smallest absolute Gasteiger partial charge is 0.103 e. The molecule has 1 heterocycles. The van der Waals surface area contributed by atoms with Gasteiger partial charge in [0.1, 0.15) is 5.82 Å². The van der Waals surface area contributed by atoms with Crippen LogP contribution in [0.3, 0.4) is 0 Å². The van der Waals surface area contributed by atoms with Gasteiger partial charge in [0.05, 0.1) is 5.69 Å². The van der Waals surface area contributed by atoms with E-state index >= 15 is 0 Å². The molecule has 2 nitrogen and oxygen atoms in total. The number of hydrogen-bond acceptors (Lipinski definition) is 1. The third-order valence-electron chi connectivity index (χ3n) is 1.75. The number of hydrogen-bond donors (Lipinski definition) is 1. The van der Waals surface area contributed by atoms with Gasteiger partial charge in [-0.2, -0.15) is 0 Å². The van der Waals surface area contributed by atoms with Crippen LogP contribution in [0.25, 0.3) is 6.08 Å². The van der Waals surface area contributed by atoms with Crippen molar-refractivity contribution >= 4 is 6.08 Å². The summed E-state index contributed by atoms with van der Waals surface area (Å²) in [4.78, 5) is 7.55. The van der Waals surface area contributed by atoms with E-state index in [-0.39, 0.29) is 1.43 Å². The molecule has 1 N–H and O–H groups in total. The molecule has 1 aromatic heterocycles. The van der Waals surface area contributed by atoms with Crippen molar-refractivity contribution in [3.05, 3.63) is 35.4 Å². The Balaban J connectivity index is 0.000000720. The summed E-state index contributed by atoms with van der Waals surface area (Å²) in [5.41, 5.74) is 2.29. The van der Waals surface area contributed by atoms with Gasteiger partial charge in [-0.05, 0) is 13.0 Å². The van der Waals surface area contributed by atoms with E-state index in [1.165, 1.54) is 5.69 Å². The van der Waals surface area contributed by atoms with E-state index < -0.39 is 0 Å². The average molecular weight is 148 g/mol. The fourth-order valence-corrected chi connectivity index (χ4v) is 1.26. The molecule has 0 bridgehead atoms. The second kappa shape index (κ2) is 2.38. The zero-order chi connectivity index (χ0) is 7.68. The van der Waals surface area contributed by atoms with Crippen LogP contribution in [0.5, 0.6) is 0 Å². The molecule has 0 radical (unpaired) electrons. The number of nitrogens with zero attached hydrogens (tertiary/aromatic N) is 1. The van der Waals surface area contributed by atoms with Gasteiger partial charge in [-0.15, -0.1) is 0 Å². The molecule has 0 saturated heterocycles. The second-order valence-electron chi connectivity index (χ2n) is 2.68. The highest BCUT2D eigenvalue weighted by atomic mass is 14.9. The summed E-state index contributed by atoms with van der Waals surface area (Å²) in [7, 11) is 0. The number of imidazole rings is 1. The number of aromatic amines is 1. The Hall–Kier alpha value is -1.31. The molecule has 58 valence electrons. The first kappa shape index (κ1) is 6.40. The molecule has 1 aromatic rings. The topological polar surface area (TPSA) is 28.7 Å². The molecule has 0 fully saturated rings. The summed E-state index contributed by atoms with van der Waals surface area (Å²) < 4.78 is 0.